The standard InChI is InChI=1S/C23H20N6O2/c1-15-5-3-8-20(13-15)29-16(2)21(27-28-29)23(31)26-19-7-4-6-18(14-19)25-22(30)17-9-11-24-12-10-17/h3-14H,1-2H3,(H,25,30)(H,26,31). The normalized spacial score (nSPS) is 10.5. The van der Waals surface area contributed by atoms with Gasteiger partial charge in [-0.3, -0.25) is 14.6 Å². The van der Waals surface area contributed by atoms with Gasteiger partial charge in [0.2, 0.25) is 0 Å². The second-order valence-electron chi connectivity index (χ2n) is 7.00. The van der Waals surface area contributed by atoms with E-state index in [0.29, 0.717) is 22.6 Å². The van der Waals surface area contributed by atoms with Crippen molar-refractivity contribution in [3.05, 3.63) is 95.6 Å². The van der Waals surface area contributed by atoms with Gasteiger partial charge in [-0.25, -0.2) is 4.68 Å². The van der Waals surface area contributed by atoms with Crippen LogP contribution in [0, 0.1) is 13.8 Å². The van der Waals surface area contributed by atoms with Crippen LogP contribution >= 0.6 is 0 Å². The minimum absolute atomic E-state index is 0.229. The predicted octanol–water partition coefficient (Wildman–Crippen LogP) is 3.78. The second-order valence-corrected chi connectivity index (χ2v) is 7.00. The fourth-order valence-corrected chi connectivity index (χ4v) is 3.12. The maximum atomic E-state index is 12.8. The van der Waals surface area contributed by atoms with E-state index in [1.54, 1.807) is 60.4 Å². The molecular weight excluding hydrogens is 392 g/mol. The highest BCUT2D eigenvalue weighted by atomic mass is 16.2. The molecule has 0 saturated heterocycles. The summed E-state index contributed by atoms with van der Waals surface area (Å²) in [4.78, 5) is 29.0. The van der Waals surface area contributed by atoms with Crippen LogP contribution in [0.5, 0.6) is 0 Å². The molecule has 0 unspecified atom stereocenters. The SMILES string of the molecule is Cc1cccc(-n2nnc(C(=O)Nc3cccc(NC(=O)c4ccncc4)c3)c2C)c1. The highest BCUT2D eigenvalue weighted by molar-refractivity contribution is 6.06. The molecule has 4 aromatic rings. The topological polar surface area (TPSA) is 102 Å². The Morgan fingerprint density at radius 1 is 0.839 bits per heavy atom. The third-order valence-corrected chi connectivity index (χ3v) is 4.68. The maximum absolute atomic E-state index is 12.8. The lowest BCUT2D eigenvalue weighted by Gasteiger charge is -2.09. The number of hydrogen-bond donors (Lipinski definition) is 2. The minimum Gasteiger partial charge on any atom is -0.322 e. The number of benzene rings is 2. The van der Waals surface area contributed by atoms with Crippen molar-refractivity contribution in [1.82, 2.24) is 20.0 Å². The molecule has 0 atom stereocenters. The number of nitrogens with zero attached hydrogens (tertiary/aromatic N) is 4. The molecule has 4 rings (SSSR count). The molecule has 2 aromatic heterocycles. The van der Waals surface area contributed by atoms with Crippen LogP contribution in [0.15, 0.2) is 73.1 Å². The number of hydrogen-bond acceptors (Lipinski definition) is 5. The Labute approximate surface area is 179 Å². The molecule has 0 aliphatic heterocycles. The Bertz CT molecular complexity index is 1250. The van der Waals surface area contributed by atoms with Gasteiger partial charge in [-0.05, 0) is 61.9 Å². The zero-order valence-corrected chi connectivity index (χ0v) is 17.0. The zero-order chi connectivity index (χ0) is 21.8. The van der Waals surface area contributed by atoms with E-state index < -0.39 is 0 Å². The van der Waals surface area contributed by atoms with Gasteiger partial charge in [-0.15, -0.1) is 5.10 Å². The van der Waals surface area contributed by atoms with Crippen molar-refractivity contribution in [2.24, 2.45) is 0 Å². The van der Waals surface area contributed by atoms with E-state index in [-0.39, 0.29) is 17.5 Å². The van der Waals surface area contributed by atoms with Crippen molar-refractivity contribution in [3.63, 3.8) is 0 Å². The monoisotopic (exact) mass is 412 g/mol. The first-order chi connectivity index (χ1) is 15.0. The van der Waals surface area contributed by atoms with E-state index in [1.165, 1.54) is 0 Å². The summed E-state index contributed by atoms with van der Waals surface area (Å²) in [6, 6.07) is 18.0. The Hall–Kier alpha value is -4.33. The summed E-state index contributed by atoms with van der Waals surface area (Å²) in [6.07, 6.45) is 3.11. The molecule has 0 radical (unpaired) electrons. The van der Waals surface area contributed by atoms with E-state index in [9.17, 15) is 9.59 Å². The molecule has 2 aromatic carbocycles. The number of aryl methyl sites for hydroxylation is 1. The lowest BCUT2D eigenvalue weighted by atomic mass is 10.2. The third kappa shape index (κ3) is 4.48. The Morgan fingerprint density at radius 2 is 1.52 bits per heavy atom. The zero-order valence-electron chi connectivity index (χ0n) is 17.0. The van der Waals surface area contributed by atoms with Gasteiger partial charge < -0.3 is 10.6 Å². The number of nitrogens with one attached hydrogen (secondary N) is 2. The summed E-state index contributed by atoms with van der Waals surface area (Å²) in [5.41, 5.74) is 4.36. The lowest BCUT2D eigenvalue weighted by Crippen LogP contribution is -2.15. The maximum Gasteiger partial charge on any atom is 0.278 e. The number of aromatic nitrogens is 4. The summed E-state index contributed by atoms with van der Waals surface area (Å²) >= 11 is 0. The Balaban J connectivity index is 1.49. The quantitative estimate of drug-likeness (QED) is 0.519. The number of carbonyl (C=O) groups is 2. The smallest absolute Gasteiger partial charge is 0.278 e. The van der Waals surface area contributed by atoms with Crippen molar-refractivity contribution < 1.29 is 9.59 Å². The largest absolute Gasteiger partial charge is 0.322 e. The van der Waals surface area contributed by atoms with Gasteiger partial charge in [-0.1, -0.05) is 23.4 Å². The van der Waals surface area contributed by atoms with Crippen LogP contribution in [0.1, 0.15) is 32.1 Å². The number of rotatable bonds is 5. The molecule has 8 heteroatoms. The van der Waals surface area contributed by atoms with Crippen LogP contribution in [0.25, 0.3) is 5.69 Å². The number of anilines is 2. The van der Waals surface area contributed by atoms with Gasteiger partial charge in [0.15, 0.2) is 5.69 Å². The molecular formula is C23H20N6O2. The van der Waals surface area contributed by atoms with Crippen LogP contribution in [0.4, 0.5) is 11.4 Å². The van der Waals surface area contributed by atoms with Crippen molar-refractivity contribution in [3.8, 4) is 5.69 Å². The lowest BCUT2D eigenvalue weighted by molar-refractivity contribution is 0.101. The first-order valence-corrected chi connectivity index (χ1v) is 9.63. The van der Waals surface area contributed by atoms with Gasteiger partial charge in [0.25, 0.3) is 11.8 Å². The second kappa shape index (κ2) is 8.58. The molecule has 0 aliphatic carbocycles. The van der Waals surface area contributed by atoms with Crippen LogP contribution < -0.4 is 10.6 Å². The van der Waals surface area contributed by atoms with E-state index in [2.05, 4.69) is 25.9 Å². The number of carbonyl (C=O) groups excluding carboxylic acids is 2. The molecule has 2 amide bonds. The van der Waals surface area contributed by atoms with Gasteiger partial charge >= 0.3 is 0 Å². The van der Waals surface area contributed by atoms with Crippen LogP contribution in [0.2, 0.25) is 0 Å². The van der Waals surface area contributed by atoms with Crippen LogP contribution in [-0.4, -0.2) is 31.8 Å². The average Bonchev–Trinajstić information content (AvgIpc) is 3.16. The van der Waals surface area contributed by atoms with Crippen LogP contribution in [-0.2, 0) is 0 Å². The molecule has 154 valence electrons. The fraction of sp³-hybridized carbons (Fsp3) is 0.0870. The Morgan fingerprint density at radius 3 is 2.23 bits per heavy atom. The number of pyridine rings is 1. The van der Waals surface area contributed by atoms with E-state index in [1.807, 2.05) is 31.2 Å². The fourth-order valence-electron chi connectivity index (χ4n) is 3.12. The average molecular weight is 412 g/mol. The van der Waals surface area contributed by atoms with E-state index >= 15 is 0 Å². The highest BCUT2D eigenvalue weighted by Gasteiger charge is 2.18. The first kappa shape index (κ1) is 20.0. The highest BCUT2D eigenvalue weighted by Crippen LogP contribution is 2.18. The molecule has 2 N–H and O–H groups in total. The van der Waals surface area contributed by atoms with E-state index in [0.717, 1.165) is 11.3 Å². The van der Waals surface area contributed by atoms with Crippen molar-refractivity contribution in [1.29, 1.82) is 0 Å². The Kier molecular flexibility index (Phi) is 5.53. The minimum atomic E-state index is -0.381. The molecule has 8 nitrogen and oxygen atoms in total. The molecule has 0 spiro atoms. The summed E-state index contributed by atoms with van der Waals surface area (Å²) in [6.45, 7) is 3.78. The van der Waals surface area contributed by atoms with Gasteiger partial charge in [0.05, 0.1) is 11.4 Å². The summed E-state index contributed by atoms with van der Waals surface area (Å²) in [5, 5.41) is 13.8. The van der Waals surface area contributed by atoms with Crippen molar-refractivity contribution in [2.75, 3.05) is 10.6 Å². The molecule has 31 heavy (non-hydrogen) atoms. The van der Waals surface area contributed by atoms with Gasteiger partial charge in [0, 0.05) is 29.3 Å². The summed E-state index contributed by atoms with van der Waals surface area (Å²) < 4.78 is 1.63. The third-order valence-electron chi connectivity index (χ3n) is 4.68. The van der Waals surface area contributed by atoms with Gasteiger partial charge in [0.1, 0.15) is 0 Å². The first-order valence-electron chi connectivity index (χ1n) is 9.63. The molecule has 0 aliphatic rings. The number of amides is 2. The molecule has 2 heterocycles. The van der Waals surface area contributed by atoms with E-state index in [4.69, 9.17) is 0 Å². The van der Waals surface area contributed by atoms with Crippen molar-refractivity contribution >= 4 is 23.2 Å². The van der Waals surface area contributed by atoms with Crippen molar-refractivity contribution in [2.45, 2.75) is 13.8 Å². The molecule has 0 fully saturated rings. The summed E-state index contributed by atoms with van der Waals surface area (Å²) in [7, 11) is 0. The van der Waals surface area contributed by atoms with Gasteiger partial charge in [-0.2, -0.15) is 0 Å². The predicted molar refractivity (Wildman–Crippen MR) is 117 cm³/mol. The molecule has 0 saturated carbocycles. The van der Waals surface area contributed by atoms with Crippen LogP contribution in [0.3, 0.4) is 0 Å². The summed E-state index contributed by atoms with van der Waals surface area (Å²) in [5.74, 6) is -0.642. The molecule has 0 bridgehead atoms.